The number of nitroso groups, excluding NO2 is 1. The second-order valence-electron chi connectivity index (χ2n) is 6.24. The van der Waals surface area contributed by atoms with E-state index in [0.717, 1.165) is 11.1 Å². The Morgan fingerprint density at radius 3 is 2.52 bits per heavy atom. The molecule has 1 heterocycles. The van der Waals surface area contributed by atoms with Gasteiger partial charge in [0, 0.05) is 11.6 Å². The number of nitrogens with zero attached hydrogens (tertiary/aromatic N) is 1. The molecule has 0 radical (unpaired) electrons. The van der Waals surface area contributed by atoms with E-state index < -0.39 is 0 Å². The number of aliphatic hydroxyl groups is 1. The molecule has 2 aromatic rings. The first-order chi connectivity index (χ1) is 9.91. The average Bonchev–Trinajstić information content (AvgIpc) is 2.76. The normalized spacial score (nSPS) is 16.2. The summed E-state index contributed by atoms with van der Waals surface area (Å²) in [6, 6.07) is 7.72. The summed E-state index contributed by atoms with van der Waals surface area (Å²) in [5, 5.41) is 14.0. The van der Waals surface area contributed by atoms with Crippen LogP contribution in [-0.2, 0) is 0 Å². The van der Waals surface area contributed by atoms with Crippen molar-refractivity contribution in [1.29, 1.82) is 0 Å². The molecule has 0 fully saturated rings. The molecule has 4 heteroatoms. The Morgan fingerprint density at radius 1 is 1.24 bits per heavy atom. The van der Waals surface area contributed by atoms with Gasteiger partial charge in [-0.25, -0.2) is 0 Å². The van der Waals surface area contributed by atoms with Crippen LogP contribution in [0, 0.1) is 17.2 Å². The van der Waals surface area contributed by atoms with E-state index in [0.29, 0.717) is 22.6 Å². The minimum absolute atomic E-state index is 0.0179. The SMILES string of the molecule is Cc1ccc(-c2c(N=O)oc3c2=C(O)CC(C)(C)C=3)cc1. The van der Waals surface area contributed by atoms with E-state index in [4.69, 9.17) is 4.42 Å². The number of fused-ring (bicyclic) bond motifs is 1. The highest BCUT2D eigenvalue weighted by Crippen LogP contribution is 2.32. The van der Waals surface area contributed by atoms with Crippen LogP contribution in [0.1, 0.15) is 25.8 Å². The van der Waals surface area contributed by atoms with E-state index in [1.165, 1.54) is 0 Å². The van der Waals surface area contributed by atoms with Crippen molar-refractivity contribution in [2.75, 3.05) is 0 Å². The summed E-state index contributed by atoms with van der Waals surface area (Å²) in [6.07, 6.45) is 2.45. The Kier molecular flexibility index (Phi) is 2.97. The standard InChI is InChI=1S/C17H17NO3/c1-10-4-6-11(7-5-10)14-15-12(19)8-17(2,3)9-13(15)21-16(14)18-20/h4-7,9,19H,8H2,1-3H3. The van der Waals surface area contributed by atoms with Crippen LogP contribution in [0.2, 0.25) is 0 Å². The van der Waals surface area contributed by atoms with Crippen molar-refractivity contribution in [3.05, 3.63) is 45.4 Å². The van der Waals surface area contributed by atoms with Gasteiger partial charge in [0.1, 0.15) is 11.2 Å². The van der Waals surface area contributed by atoms with Gasteiger partial charge in [-0.3, -0.25) is 0 Å². The van der Waals surface area contributed by atoms with Crippen LogP contribution in [0.15, 0.2) is 33.9 Å². The Labute approximate surface area is 122 Å². The smallest absolute Gasteiger partial charge is 0.269 e. The highest BCUT2D eigenvalue weighted by Gasteiger charge is 2.27. The molecule has 0 saturated heterocycles. The summed E-state index contributed by atoms with van der Waals surface area (Å²) in [6.45, 7) is 6.01. The van der Waals surface area contributed by atoms with E-state index >= 15 is 0 Å². The largest absolute Gasteiger partial charge is 0.511 e. The highest BCUT2D eigenvalue weighted by atomic mass is 16.4. The number of aliphatic hydroxyl groups excluding tert-OH is 1. The maximum Gasteiger partial charge on any atom is 0.269 e. The fraction of sp³-hybridized carbons (Fsp3) is 0.294. The third kappa shape index (κ3) is 2.27. The van der Waals surface area contributed by atoms with Crippen LogP contribution in [0.3, 0.4) is 0 Å². The molecule has 0 saturated carbocycles. The number of furan rings is 1. The summed E-state index contributed by atoms with van der Waals surface area (Å²) in [5.41, 5.74) is 2.83. The van der Waals surface area contributed by atoms with Crippen LogP contribution in [0.25, 0.3) is 23.0 Å². The molecule has 1 aliphatic rings. The molecule has 0 atom stereocenters. The molecule has 3 rings (SSSR count). The molecule has 1 aromatic carbocycles. The van der Waals surface area contributed by atoms with Crippen LogP contribution < -0.4 is 10.6 Å². The quantitative estimate of drug-likeness (QED) is 0.857. The molecule has 1 N–H and O–H groups in total. The second-order valence-corrected chi connectivity index (χ2v) is 6.24. The van der Waals surface area contributed by atoms with Gasteiger partial charge in [0.05, 0.1) is 10.8 Å². The third-order valence-electron chi connectivity index (χ3n) is 3.77. The fourth-order valence-corrected chi connectivity index (χ4v) is 2.80. The van der Waals surface area contributed by atoms with Gasteiger partial charge in [-0.2, -0.15) is 0 Å². The third-order valence-corrected chi connectivity index (χ3v) is 3.77. The van der Waals surface area contributed by atoms with Crippen molar-refractivity contribution < 1.29 is 9.52 Å². The molecule has 0 bridgehead atoms. The molecule has 0 spiro atoms. The molecule has 1 aliphatic carbocycles. The minimum atomic E-state index is -0.209. The van der Waals surface area contributed by atoms with E-state index in [1.807, 2.05) is 51.1 Å². The summed E-state index contributed by atoms with van der Waals surface area (Å²) >= 11 is 0. The molecular formula is C17H17NO3. The molecule has 21 heavy (non-hydrogen) atoms. The van der Waals surface area contributed by atoms with Gasteiger partial charge < -0.3 is 9.52 Å². The topological polar surface area (TPSA) is 62.8 Å². The zero-order valence-electron chi connectivity index (χ0n) is 12.3. The summed E-state index contributed by atoms with van der Waals surface area (Å²) in [7, 11) is 0. The number of hydrogen-bond acceptors (Lipinski definition) is 4. The van der Waals surface area contributed by atoms with Crippen molar-refractivity contribution >= 4 is 17.7 Å². The molecule has 0 aliphatic heterocycles. The maximum atomic E-state index is 11.1. The van der Waals surface area contributed by atoms with Gasteiger partial charge in [-0.05, 0) is 24.0 Å². The van der Waals surface area contributed by atoms with Crippen molar-refractivity contribution in [3.8, 4) is 11.1 Å². The predicted molar refractivity (Wildman–Crippen MR) is 82.5 cm³/mol. The molecule has 0 amide bonds. The zero-order valence-corrected chi connectivity index (χ0v) is 12.3. The van der Waals surface area contributed by atoms with Gasteiger partial charge in [-0.15, -0.1) is 4.91 Å². The van der Waals surface area contributed by atoms with Crippen LogP contribution in [-0.4, -0.2) is 5.11 Å². The lowest BCUT2D eigenvalue weighted by atomic mass is 9.84. The lowest BCUT2D eigenvalue weighted by Crippen LogP contribution is -2.33. The zero-order chi connectivity index (χ0) is 15.2. The lowest BCUT2D eigenvalue weighted by molar-refractivity contribution is 0.401. The molecule has 1 aromatic heterocycles. The first-order valence-electron chi connectivity index (χ1n) is 6.89. The van der Waals surface area contributed by atoms with Crippen molar-refractivity contribution in [2.45, 2.75) is 27.2 Å². The van der Waals surface area contributed by atoms with E-state index in [2.05, 4.69) is 5.18 Å². The van der Waals surface area contributed by atoms with Crippen molar-refractivity contribution in [2.24, 2.45) is 10.6 Å². The van der Waals surface area contributed by atoms with Crippen LogP contribution >= 0.6 is 0 Å². The average molecular weight is 283 g/mol. The highest BCUT2D eigenvalue weighted by molar-refractivity contribution is 5.76. The van der Waals surface area contributed by atoms with Gasteiger partial charge in [-0.1, -0.05) is 43.7 Å². The minimum Gasteiger partial charge on any atom is -0.511 e. The number of aryl methyl sites for hydroxylation is 1. The predicted octanol–water partition coefficient (Wildman–Crippen LogP) is 3.53. The number of rotatable bonds is 2. The van der Waals surface area contributed by atoms with Gasteiger partial charge in [0.25, 0.3) is 5.88 Å². The van der Waals surface area contributed by atoms with Crippen LogP contribution in [0.5, 0.6) is 0 Å². The second kappa shape index (κ2) is 4.58. The van der Waals surface area contributed by atoms with Crippen molar-refractivity contribution in [3.63, 3.8) is 0 Å². The molecule has 4 nitrogen and oxygen atoms in total. The monoisotopic (exact) mass is 283 g/mol. The van der Waals surface area contributed by atoms with E-state index in [9.17, 15) is 10.0 Å². The number of hydrogen-bond donors (Lipinski definition) is 1. The summed E-state index contributed by atoms with van der Waals surface area (Å²) in [4.78, 5) is 11.1. The Bertz CT molecular complexity index is 826. The Balaban J connectivity index is 2.38. The Hall–Kier alpha value is -2.36. The fourth-order valence-electron chi connectivity index (χ4n) is 2.80. The van der Waals surface area contributed by atoms with Gasteiger partial charge in [0.2, 0.25) is 0 Å². The Morgan fingerprint density at radius 2 is 1.90 bits per heavy atom. The van der Waals surface area contributed by atoms with Crippen LogP contribution in [0.4, 0.5) is 5.88 Å². The lowest BCUT2D eigenvalue weighted by Gasteiger charge is -2.21. The summed E-state index contributed by atoms with van der Waals surface area (Å²) in [5.74, 6) is 0.260. The molecule has 108 valence electrons. The van der Waals surface area contributed by atoms with Crippen molar-refractivity contribution in [1.82, 2.24) is 0 Å². The number of benzene rings is 1. The summed E-state index contributed by atoms with van der Waals surface area (Å²) < 4.78 is 5.56. The first kappa shape index (κ1) is 13.6. The van der Waals surface area contributed by atoms with E-state index in [-0.39, 0.29) is 17.1 Å². The van der Waals surface area contributed by atoms with Gasteiger partial charge in [0.15, 0.2) is 0 Å². The first-order valence-corrected chi connectivity index (χ1v) is 6.89. The van der Waals surface area contributed by atoms with E-state index in [1.54, 1.807) is 0 Å². The maximum absolute atomic E-state index is 11.1. The molecule has 0 unspecified atom stereocenters. The molecular weight excluding hydrogens is 266 g/mol. The van der Waals surface area contributed by atoms with Gasteiger partial charge >= 0.3 is 0 Å².